The lowest BCUT2D eigenvalue weighted by molar-refractivity contribution is 0.136. The second-order valence-electron chi connectivity index (χ2n) is 3.45. The lowest BCUT2D eigenvalue weighted by atomic mass is 10.1. The van der Waals surface area contributed by atoms with Crippen LogP contribution >= 0.6 is 0 Å². The zero-order valence-electron chi connectivity index (χ0n) is 6.97. The van der Waals surface area contributed by atoms with Crippen LogP contribution in [0.2, 0.25) is 0 Å². The first-order chi connectivity index (χ1) is 4.79. The van der Waals surface area contributed by atoms with Crippen LogP contribution in [0.4, 0.5) is 0 Å². The molecule has 1 aliphatic carbocycles. The summed E-state index contributed by atoms with van der Waals surface area (Å²) in [5.41, 5.74) is 0. The molecule has 0 heterocycles. The standard InChI is InChI=1S/C9H17O/c1-8(2)4-3-7-10-9-5-6-9/h3,8-9H,4-7H2,1-2H3. The fraction of sp³-hybridized carbons (Fsp3) is 0.889. The van der Waals surface area contributed by atoms with Gasteiger partial charge in [-0.1, -0.05) is 13.8 Å². The van der Waals surface area contributed by atoms with E-state index in [-0.39, 0.29) is 0 Å². The fourth-order valence-electron chi connectivity index (χ4n) is 0.840. The van der Waals surface area contributed by atoms with Crippen molar-refractivity contribution in [3.05, 3.63) is 6.42 Å². The molecule has 1 radical (unpaired) electrons. The van der Waals surface area contributed by atoms with Crippen LogP contribution in [0.5, 0.6) is 0 Å². The van der Waals surface area contributed by atoms with Crippen molar-refractivity contribution in [2.24, 2.45) is 5.92 Å². The summed E-state index contributed by atoms with van der Waals surface area (Å²) in [5, 5.41) is 0. The van der Waals surface area contributed by atoms with Gasteiger partial charge in [-0.05, 0) is 31.6 Å². The summed E-state index contributed by atoms with van der Waals surface area (Å²) in [7, 11) is 0. The van der Waals surface area contributed by atoms with Crippen LogP contribution in [-0.4, -0.2) is 12.7 Å². The van der Waals surface area contributed by atoms with Gasteiger partial charge >= 0.3 is 0 Å². The summed E-state index contributed by atoms with van der Waals surface area (Å²) in [6, 6.07) is 0. The van der Waals surface area contributed by atoms with Gasteiger partial charge in [0.1, 0.15) is 0 Å². The van der Waals surface area contributed by atoms with Gasteiger partial charge in [-0.3, -0.25) is 0 Å². The predicted octanol–water partition coefficient (Wildman–Crippen LogP) is 2.42. The Hall–Kier alpha value is -0.0400. The Morgan fingerprint density at radius 2 is 2.20 bits per heavy atom. The Morgan fingerprint density at radius 1 is 1.50 bits per heavy atom. The van der Waals surface area contributed by atoms with Gasteiger partial charge in [0, 0.05) is 0 Å². The number of hydrogen-bond donors (Lipinski definition) is 0. The van der Waals surface area contributed by atoms with E-state index in [9.17, 15) is 0 Å². The molecule has 10 heavy (non-hydrogen) atoms. The van der Waals surface area contributed by atoms with Gasteiger partial charge in [0.2, 0.25) is 0 Å². The van der Waals surface area contributed by atoms with E-state index in [0.29, 0.717) is 6.10 Å². The van der Waals surface area contributed by atoms with Crippen molar-refractivity contribution < 1.29 is 4.74 Å². The van der Waals surface area contributed by atoms with E-state index in [1.54, 1.807) is 0 Å². The smallest absolute Gasteiger partial charge is 0.0577 e. The molecule has 0 aromatic rings. The highest BCUT2D eigenvalue weighted by Gasteiger charge is 2.21. The van der Waals surface area contributed by atoms with Crippen molar-refractivity contribution in [2.75, 3.05) is 6.61 Å². The second-order valence-corrected chi connectivity index (χ2v) is 3.45. The molecule has 0 bridgehead atoms. The predicted molar refractivity (Wildman–Crippen MR) is 42.7 cm³/mol. The molecule has 1 rings (SSSR count). The average molecular weight is 141 g/mol. The minimum atomic E-state index is 0.614. The molecule has 59 valence electrons. The van der Waals surface area contributed by atoms with Crippen LogP contribution in [0.1, 0.15) is 33.1 Å². The Balaban J connectivity index is 1.76. The highest BCUT2D eigenvalue weighted by atomic mass is 16.5. The summed E-state index contributed by atoms with van der Waals surface area (Å²) in [5.74, 6) is 0.780. The van der Waals surface area contributed by atoms with Crippen molar-refractivity contribution in [2.45, 2.75) is 39.2 Å². The molecule has 1 heteroatoms. The van der Waals surface area contributed by atoms with E-state index in [1.807, 2.05) is 0 Å². The molecular weight excluding hydrogens is 124 g/mol. The van der Waals surface area contributed by atoms with Crippen molar-refractivity contribution in [1.82, 2.24) is 0 Å². The first-order valence-electron chi connectivity index (χ1n) is 4.22. The monoisotopic (exact) mass is 141 g/mol. The summed E-state index contributed by atoms with van der Waals surface area (Å²) in [6.07, 6.45) is 6.62. The van der Waals surface area contributed by atoms with E-state index in [4.69, 9.17) is 4.74 Å². The third kappa shape index (κ3) is 3.89. The van der Waals surface area contributed by atoms with Crippen LogP contribution in [0.3, 0.4) is 0 Å². The highest BCUT2D eigenvalue weighted by Crippen LogP contribution is 2.23. The Kier molecular flexibility index (Phi) is 3.20. The van der Waals surface area contributed by atoms with E-state index in [0.717, 1.165) is 12.5 Å². The third-order valence-corrected chi connectivity index (χ3v) is 1.61. The molecule has 1 saturated carbocycles. The van der Waals surface area contributed by atoms with Crippen LogP contribution < -0.4 is 0 Å². The highest BCUT2D eigenvalue weighted by molar-refractivity contribution is 4.75. The minimum Gasteiger partial charge on any atom is -0.378 e. The molecule has 0 amide bonds. The molecule has 0 atom stereocenters. The maximum absolute atomic E-state index is 5.45. The van der Waals surface area contributed by atoms with Crippen molar-refractivity contribution >= 4 is 0 Å². The molecule has 0 N–H and O–H groups in total. The maximum Gasteiger partial charge on any atom is 0.0577 e. The van der Waals surface area contributed by atoms with Crippen LogP contribution in [0, 0.1) is 12.3 Å². The van der Waals surface area contributed by atoms with Gasteiger partial charge in [0.05, 0.1) is 12.7 Å². The van der Waals surface area contributed by atoms with Gasteiger partial charge < -0.3 is 4.74 Å². The van der Waals surface area contributed by atoms with E-state index in [1.165, 1.54) is 19.3 Å². The lowest BCUT2D eigenvalue weighted by Crippen LogP contribution is -1.98. The summed E-state index contributed by atoms with van der Waals surface area (Å²) in [6.45, 7) is 5.32. The fourth-order valence-corrected chi connectivity index (χ4v) is 0.840. The average Bonchev–Trinajstić information content (AvgIpc) is 2.62. The molecule has 0 unspecified atom stereocenters. The van der Waals surface area contributed by atoms with Crippen molar-refractivity contribution in [1.29, 1.82) is 0 Å². The molecule has 0 aliphatic heterocycles. The van der Waals surface area contributed by atoms with E-state index in [2.05, 4.69) is 20.3 Å². The minimum absolute atomic E-state index is 0.614. The molecular formula is C9H17O. The maximum atomic E-state index is 5.45. The molecule has 0 saturated heterocycles. The van der Waals surface area contributed by atoms with Crippen molar-refractivity contribution in [3.8, 4) is 0 Å². The molecule has 0 aromatic heterocycles. The van der Waals surface area contributed by atoms with Gasteiger partial charge in [0.25, 0.3) is 0 Å². The normalized spacial score (nSPS) is 18.3. The van der Waals surface area contributed by atoms with E-state index < -0.39 is 0 Å². The SMILES string of the molecule is CC(C)C[CH]COC1CC1. The lowest BCUT2D eigenvalue weighted by Gasteiger charge is -2.03. The third-order valence-electron chi connectivity index (χ3n) is 1.61. The topological polar surface area (TPSA) is 9.23 Å². The quantitative estimate of drug-likeness (QED) is 0.534. The first kappa shape index (κ1) is 8.06. The molecule has 0 aromatic carbocycles. The van der Waals surface area contributed by atoms with Crippen LogP contribution in [0.25, 0.3) is 0 Å². The molecule has 1 aliphatic rings. The summed E-state index contributed by atoms with van der Waals surface area (Å²) < 4.78 is 5.45. The Labute approximate surface area is 63.8 Å². The van der Waals surface area contributed by atoms with E-state index >= 15 is 0 Å². The van der Waals surface area contributed by atoms with Crippen LogP contribution in [-0.2, 0) is 4.74 Å². The summed E-state index contributed by atoms with van der Waals surface area (Å²) in [4.78, 5) is 0. The van der Waals surface area contributed by atoms with Gasteiger partial charge in [-0.2, -0.15) is 0 Å². The van der Waals surface area contributed by atoms with Crippen molar-refractivity contribution in [3.63, 3.8) is 0 Å². The van der Waals surface area contributed by atoms with Crippen LogP contribution in [0.15, 0.2) is 0 Å². The van der Waals surface area contributed by atoms with Gasteiger partial charge in [-0.15, -0.1) is 0 Å². The first-order valence-corrected chi connectivity index (χ1v) is 4.22. The number of rotatable bonds is 5. The Morgan fingerprint density at radius 3 is 2.70 bits per heavy atom. The summed E-state index contributed by atoms with van der Waals surface area (Å²) >= 11 is 0. The number of hydrogen-bond acceptors (Lipinski definition) is 1. The largest absolute Gasteiger partial charge is 0.378 e. The molecule has 0 spiro atoms. The molecule has 1 nitrogen and oxygen atoms in total. The Bertz CT molecular complexity index is 80.7. The van der Waals surface area contributed by atoms with Gasteiger partial charge in [0.15, 0.2) is 0 Å². The molecule has 1 fully saturated rings. The zero-order chi connectivity index (χ0) is 7.40. The van der Waals surface area contributed by atoms with Gasteiger partial charge in [-0.25, -0.2) is 0 Å². The number of ether oxygens (including phenoxy) is 1. The zero-order valence-corrected chi connectivity index (χ0v) is 6.97. The second kappa shape index (κ2) is 3.97.